The second-order valence-corrected chi connectivity index (χ2v) is 3.89. The minimum absolute atomic E-state index is 0.290. The molecule has 0 saturated carbocycles. The van der Waals surface area contributed by atoms with Crippen LogP contribution in [0.1, 0.15) is 12.8 Å². The molecule has 15 heavy (non-hydrogen) atoms. The zero-order valence-electron chi connectivity index (χ0n) is 8.63. The average molecular weight is 227 g/mol. The van der Waals surface area contributed by atoms with E-state index in [0.717, 1.165) is 6.54 Å². The molecule has 0 aliphatic carbocycles. The van der Waals surface area contributed by atoms with Gasteiger partial charge in [-0.15, -0.1) is 0 Å². The van der Waals surface area contributed by atoms with E-state index >= 15 is 0 Å². The van der Waals surface area contributed by atoms with Crippen molar-refractivity contribution >= 4 is 0 Å². The van der Waals surface area contributed by atoms with E-state index in [2.05, 4.69) is 0 Å². The average Bonchev–Trinajstić information content (AvgIpc) is 2.13. The predicted molar refractivity (Wildman–Crippen MR) is 48.5 cm³/mol. The highest BCUT2D eigenvalue weighted by Gasteiger charge is 2.31. The molecule has 0 radical (unpaired) electrons. The highest BCUT2D eigenvalue weighted by Crippen LogP contribution is 2.24. The zero-order valence-corrected chi connectivity index (χ0v) is 8.63. The van der Waals surface area contributed by atoms with Crippen LogP contribution < -0.4 is 0 Å². The molecule has 1 saturated heterocycles. The van der Waals surface area contributed by atoms with Gasteiger partial charge in [-0.05, 0) is 13.5 Å². The Morgan fingerprint density at radius 2 is 2.20 bits per heavy atom. The summed E-state index contributed by atoms with van der Waals surface area (Å²) in [7, 11) is 1.85. The molecule has 6 heteroatoms. The van der Waals surface area contributed by atoms with Gasteiger partial charge in [0.2, 0.25) is 0 Å². The third-order valence-electron chi connectivity index (χ3n) is 2.45. The van der Waals surface area contributed by atoms with Crippen LogP contribution in [0.5, 0.6) is 0 Å². The number of hydrogen-bond acceptors (Lipinski definition) is 3. The van der Waals surface area contributed by atoms with Gasteiger partial charge in [-0.25, -0.2) is 0 Å². The van der Waals surface area contributed by atoms with Crippen molar-refractivity contribution in [3.8, 4) is 0 Å². The number of morpholine rings is 1. The minimum Gasteiger partial charge on any atom is -0.390 e. The van der Waals surface area contributed by atoms with Crippen molar-refractivity contribution in [1.29, 1.82) is 0 Å². The number of rotatable bonds is 3. The molecule has 1 heterocycles. The smallest absolute Gasteiger partial charge is 0.389 e. The molecule has 1 aliphatic rings. The first-order valence-electron chi connectivity index (χ1n) is 4.93. The standard InChI is InChI=1S/C9H16F3NO2/c1-13-4-5-15-8(6-13)7(14)2-3-9(10,11)12/h7-8,14H,2-6H2,1H3. The fourth-order valence-electron chi connectivity index (χ4n) is 1.54. The molecule has 1 fully saturated rings. The number of likely N-dealkylation sites (N-methyl/N-ethyl adjacent to an activating group) is 1. The maximum absolute atomic E-state index is 11.9. The Morgan fingerprint density at radius 3 is 2.73 bits per heavy atom. The first kappa shape index (κ1) is 12.7. The van der Waals surface area contributed by atoms with Crippen molar-refractivity contribution in [3.63, 3.8) is 0 Å². The number of alkyl halides is 3. The maximum Gasteiger partial charge on any atom is 0.389 e. The third-order valence-corrected chi connectivity index (χ3v) is 2.45. The van der Waals surface area contributed by atoms with E-state index in [1.807, 2.05) is 11.9 Å². The number of ether oxygens (including phenoxy) is 1. The Hall–Kier alpha value is -0.330. The summed E-state index contributed by atoms with van der Waals surface area (Å²) in [5.74, 6) is 0. The van der Waals surface area contributed by atoms with E-state index in [1.165, 1.54) is 0 Å². The first-order chi connectivity index (χ1) is 6.88. The van der Waals surface area contributed by atoms with Gasteiger partial charge in [0.1, 0.15) is 0 Å². The molecule has 0 aromatic rings. The number of hydrogen-bond donors (Lipinski definition) is 1. The Bertz CT molecular complexity index is 198. The molecule has 0 amide bonds. The third kappa shape index (κ3) is 4.81. The zero-order chi connectivity index (χ0) is 11.5. The van der Waals surface area contributed by atoms with Gasteiger partial charge in [0, 0.05) is 19.5 Å². The van der Waals surface area contributed by atoms with Gasteiger partial charge in [-0.1, -0.05) is 0 Å². The van der Waals surface area contributed by atoms with E-state index in [4.69, 9.17) is 4.74 Å². The van der Waals surface area contributed by atoms with E-state index in [9.17, 15) is 18.3 Å². The lowest BCUT2D eigenvalue weighted by Crippen LogP contribution is -2.46. The Labute approximate surface area is 86.8 Å². The molecule has 0 spiro atoms. The predicted octanol–water partition coefficient (Wildman–Crippen LogP) is 1.02. The van der Waals surface area contributed by atoms with Crippen molar-refractivity contribution in [1.82, 2.24) is 4.90 Å². The normalized spacial score (nSPS) is 26.6. The largest absolute Gasteiger partial charge is 0.390 e. The Balaban J connectivity index is 2.29. The monoisotopic (exact) mass is 227 g/mol. The van der Waals surface area contributed by atoms with Crippen molar-refractivity contribution in [2.24, 2.45) is 0 Å². The van der Waals surface area contributed by atoms with Crippen LogP contribution in [0.2, 0.25) is 0 Å². The van der Waals surface area contributed by atoms with Gasteiger partial charge in [-0.2, -0.15) is 13.2 Å². The fourth-order valence-corrected chi connectivity index (χ4v) is 1.54. The topological polar surface area (TPSA) is 32.7 Å². The second kappa shape index (κ2) is 5.14. The molecule has 3 nitrogen and oxygen atoms in total. The summed E-state index contributed by atoms with van der Waals surface area (Å²) in [6.45, 7) is 1.70. The van der Waals surface area contributed by atoms with E-state index in [-0.39, 0.29) is 6.42 Å². The Morgan fingerprint density at radius 1 is 1.53 bits per heavy atom. The Kier molecular flexibility index (Phi) is 4.36. The minimum atomic E-state index is -4.21. The van der Waals surface area contributed by atoms with Gasteiger partial charge in [0.25, 0.3) is 0 Å². The lowest BCUT2D eigenvalue weighted by Gasteiger charge is -2.33. The quantitative estimate of drug-likeness (QED) is 0.781. The van der Waals surface area contributed by atoms with Gasteiger partial charge in [-0.3, -0.25) is 0 Å². The lowest BCUT2D eigenvalue weighted by molar-refractivity contribution is -0.149. The van der Waals surface area contributed by atoms with Crippen LogP contribution in [-0.2, 0) is 4.74 Å². The summed E-state index contributed by atoms with van der Waals surface area (Å²) in [5.41, 5.74) is 0. The van der Waals surface area contributed by atoms with Crippen molar-refractivity contribution in [3.05, 3.63) is 0 Å². The molecule has 1 rings (SSSR count). The van der Waals surface area contributed by atoms with Gasteiger partial charge in [0.05, 0.1) is 18.8 Å². The van der Waals surface area contributed by atoms with Crippen LogP contribution in [0.3, 0.4) is 0 Å². The molecule has 90 valence electrons. The summed E-state index contributed by atoms with van der Waals surface area (Å²) in [5, 5.41) is 9.50. The lowest BCUT2D eigenvalue weighted by atomic mass is 10.1. The molecule has 2 atom stereocenters. The summed E-state index contributed by atoms with van der Waals surface area (Å²) in [4.78, 5) is 1.94. The van der Waals surface area contributed by atoms with E-state index in [1.54, 1.807) is 0 Å². The molecule has 2 unspecified atom stereocenters. The highest BCUT2D eigenvalue weighted by molar-refractivity contribution is 4.76. The number of nitrogens with zero attached hydrogens (tertiary/aromatic N) is 1. The highest BCUT2D eigenvalue weighted by atomic mass is 19.4. The first-order valence-corrected chi connectivity index (χ1v) is 4.93. The van der Waals surface area contributed by atoms with Crippen molar-refractivity contribution < 1.29 is 23.0 Å². The molecule has 0 aromatic heterocycles. The van der Waals surface area contributed by atoms with Crippen LogP contribution in [0, 0.1) is 0 Å². The SMILES string of the molecule is CN1CCOC(C(O)CCC(F)(F)F)C1. The summed E-state index contributed by atoms with van der Waals surface area (Å²) in [6.07, 6.45) is -6.98. The van der Waals surface area contributed by atoms with Gasteiger partial charge >= 0.3 is 6.18 Å². The molecular weight excluding hydrogens is 211 g/mol. The molecule has 0 aromatic carbocycles. The van der Waals surface area contributed by atoms with Crippen LogP contribution in [0.25, 0.3) is 0 Å². The van der Waals surface area contributed by atoms with Crippen molar-refractivity contribution in [2.45, 2.75) is 31.2 Å². The number of aliphatic hydroxyl groups is 1. The summed E-state index contributed by atoms with van der Waals surface area (Å²) >= 11 is 0. The van der Waals surface area contributed by atoms with Gasteiger partial charge < -0.3 is 14.7 Å². The molecule has 1 N–H and O–H groups in total. The summed E-state index contributed by atoms with van der Waals surface area (Å²) < 4.78 is 40.9. The van der Waals surface area contributed by atoms with Crippen molar-refractivity contribution in [2.75, 3.05) is 26.7 Å². The summed E-state index contributed by atoms with van der Waals surface area (Å²) in [6, 6.07) is 0. The van der Waals surface area contributed by atoms with E-state index in [0.29, 0.717) is 13.2 Å². The fraction of sp³-hybridized carbons (Fsp3) is 1.00. The van der Waals surface area contributed by atoms with Crippen LogP contribution >= 0.6 is 0 Å². The number of halogens is 3. The second-order valence-electron chi connectivity index (χ2n) is 3.89. The van der Waals surface area contributed by atoms with Crippen LogP contribution in [0.4, 0.5) is 13.2 Å². The maximum atomic E-state index is 11.9. The molecule has 0 bridgehead atoms. The molecular formula is C9H16F3NO2. The number of aliphatic hydroxyl groups excluding tert-OH is 1. The van der Waals surface area contributed by atoms with Crippen LogP contribution in [0.15, 0.2) is 0 Å². The van der Waals surface area contributed by atoms with Crippen LogP contribution in [-0.4, -0.2) is 55.1 Å². The van der Waals surface area contributed by atoms with E-state index < -0.39 is 24.8 Å². The van der Waals surface area contributed by atoms with Gasteiger partial charge in [0.15, 0.2) is 0 Å². The molecule has 1 aliphatic heterocycles.